The highest BCUT2D eigenvalue weighted by atomic mass is 79.9. The quantitative estimate of drug-likeness (QED) is 0.150. The van der Waals surface area contributed by atoms with Crippen molar-refractivity contribution in [2.24, 2.45) is 17.8 Å². The molecular formula is C27H41BrN2O6. The molecule has 9 heteroatoms. The number of alkyl halides is 1. The lowest BCUT2D eigenvalue weighted by atomic mass is 9.70. The number of nitrogens with zero attached hydrogens (tertiary/aromatic N) is 2. The maximum absolute atomic E-state index is 14.3. The van der Waals surface area contributed by atoms with Gasteiger partial charge in [0.15, 0.2) is 0 Å². The zero-order chi connectivity index (χ0) is 26.6. The van der Waals surface area contributed by atoms with E-state index in [0.29, 0.717) is 25.9 Å². The molecule has 3 rings (SSSR count). The minimum atomic E-state index is -1.17. The van der Waals surface area contributed by atoms with Crippen LogP contribution in [-0.2, 0) is 23.9 Å². The molecule has 0 aromatic rings. The Balaban J connectivity index is 2.07. The van der Waals surface area contributed by atoms with Crippen molar-refractivity contribution in [3.05, 3.63) is 25.3 Å². The van der Waals surface area contributed by atoms with Crippen LogP contribution in [0.25, 0.3) is 0 Å². The third-order valence-electron chi connectivity index (χ3n) is 7.62. The van der Waals surface area contributed by atoms with Crippen LogP contribution in [0.3, 0.4) is 0 Å². The molecule has 7 atom stereocenters. The van der Waals surface area contributed by atoms with Gasteiger partial charge in [0.05, 0.1) is 30.6 Å². The van der Waals surface area contributed by atoms with Gasteiger partial charge >= 0.3 is 5.97 Å². The average molecular weight is 570 g/mol. The van der Waals surface area contributed by atoms with Crippen molar-refractivity contribution in [1.29, 1.82) is 0 Å². The van der Waals surface area contributed by atoms with Gasteiger partial charge in [-0.2, -0.15) is 0 Å². The first-order chi connectivity index (χ1) is 17.2. The molecule has 1 N–H and O–H groups in total. The van der Waals surface area contributed by atoms with E-state index >= 15 is 0 Å². The molecule has 3 aliphatic rings. The molecule has 3 heterocycles. The van der Waals surface area contributed by atoms with Crippen molar-refractivity contribution >= 4 is 33.7 Å². The fourth-order valence-corrected chi connectivity index (χ4v) is 7.18. The number of aliphatic hydroxyl groups excluding tert-OH is 1. The van der Waals surface area contributed by atoms with Gasteiger partial charge in [-0.3, -0.25) is 14.4 Å². The minimum Gasteiger partial charge on any atom is -0.461 e. The van der Waals surface area contributed by atoms with Crippen molar-refractivity contribution in [3.63, 3.8) is 0 Å². The van der Waals surface area contributed by atoms with Crippen LogP contribution in [0.1, 0.15) is 52.9 Å². The van der Waals surface area contributed by atoms with Crippen molar-refractivity contribution < 1.29 is 29.0 Å². The van der Waals surface area contributed by atoms with E-state index in [2.05, 4.69) is 36.0 Å². The zero-order valence-corrected chi connectivity index (χ0v) is 23.3. The number of esters is 1. The predicted molar refractivity (Wildman–Crippen MR) is 140 cm³/mol. The van der Waals surface area contributed by atoms with E-state index in [0.717, 1.165) is 19.3 Å². The number of unbranched alkanes of at least 4 members (excludes halogenated alkanes) is 2. The molecule has 3 aliphatic heterocycles. The molecule has 0 radical (unpaired) electrons. The number of carbonyl (C=O) groups is 3. The molecule has 202 valence electrons. The number of hydrogen-bond acceptors (Lipinski definition) is 6. The number of carbonyl (C=O) groups excluding carboxylic acids is 3. The van der Waals surface area contributed by atoms with Gasteiger partial charge in [-0.1, -0.05) is 68.3 Å². The molecule has 0 aromatic carbocycles. The third kappa shape index (κ3) is 5.16. The molecule has 2 amide bonds. The molecule has 36 heavy (non-hydrogen) atoms. The summed E-state index contributed by atoms with van der Waals surface area (Å²) in [7, 11) is 0. The SMILES string of the molecule is C=CCOC(=O)[C@H]1[C@H]2C(=O)N([C@@H](CO)CC(C)C)C(C(=O)N(CC=C)CCCCC)C23CC(Br)[C@@H]1O3. The monoisotopic (exact) mass is 568 g/mol. The lowest BCUT2D eigenvalue weighted by Crippen LogP contribution is -2.59. The number of hydrogen-bond donors (Lipinski definition) is 1. The number of halogens is 1. The van der Waals surface area contributed by atoms with Gasteiger partial charge < -0.3 is 24.4 Å². The first-order valence-electron chi connectivity index (χ1n) is 13.1. The van der Waals surface area contributed by atoms with Crippen LogP contribution < -0.4 is 0 Å². The summed E-state index contributed by atoms with van der Waals surface area (Å²) in [6, 6.07) is -1.50. The second-order valence-electron chi connectivity index (χ2n) is 10.6. The second kappa shape index (κ2) is 12.2. The number of aliphatic hydroxyl groups is 1. The smallest absolute Gasteiger partial charge is 0.312 e. The summed E-state index contributed by atoms with van der Waals surface area (Å²) in [6.45, 7) is 14.2. The highest BCUT2D eigenvalue weighted by Gasteiger charge is 2.77. The standard InChI is InChI=1S/C27H41BrN2O6/c1-6-9-10-12-29(11-7-2)25(33)23-27-15-19(28)22(36-27)20(26(34)35-13-8-3)21(27)24(32)30(23)18(16-31)14-17(4)5/h7-8,17-23,31H,2-3,6,9-16H2,1,4-5H3/t18-,19?,20+,21+,22+,23?,27?/m1/s1. The van der Waals surface area contributed by atoms with Gasteiger partial charge in [0.25, 0.3) is 0 Å². The summed E-state index contributed by atoms with van der Waals surface area (Å²) in [5.74, 6) is -2.54. The predicted octanol–water partition coefficient (Wildman–Crippen LogP) is 3.08. The Bertz CT molecular complexity index is 850. The molecule has 3 unspecified atom stereocenters. The van der Waals surface area contributed by atoms with E-state index in [9.17, 15) is 19.5 Å². The summed E-state index contributed by atoms with van der Waals surface area (Å²) in [5, 5.41) is 10.4. The van der Waals surface area contributed by atoms with Gasteiger partial charge in [-0.05, 0) is 25.2 Å². The molecular weight excluding hydrogens is 528 g/mol. The lowest BCUT2D eigenvalue weighted by Gasteiger charge is -2.39. The Morgan fingerprint density at radius 2 is 2.06 bits per heavy atom. The van der Waals surface area contributed by atoms with E-state index in [1.165, 1.54) is 11.0 Å². The Kier molecular flexibility index (Phi) is 9.80. The van der Waals surface area contributed by atoms with Crippen LogP contribution in [-0.4, -0.2) is 87.6 Å². The summed E-state index contributed by atoms with van der Waals surface area (Å²) < 4.78 is 11.9. The number of likely N-dealkylation sites (tertiary alicyclic amines) is 1. The third-order valence-corrected chi connectivity index (χ3v) is 8.46. The molecule has 0 saturated carbocycles. The van der Waals surface area contributed by atoms with E-state index in [4.69, 9.17) is 9.47 Å². The second-order valence-corrected chi connectivity index (χ2v) is 11.7. The Labute approximate surface area is 223 Å². The van der Waals surface area contributed by atoms with Gasteiger partial charge in [-0.15, -0.1) is 6.58 Å². The van der Waals surface area contributed by atoms with Crippen LogP contribution >= 0.6 is 15.9 Å². The molecule has 0 aromatic heterocycles. The highest BCUT2D eigenvalue weighted by molar-refractivity contribution is 9.09. The molecule has 3 saturated heterocycles. The van der Waals surface area contributed by atoms with E-state index in [1.54, 1.807) is 11.0 Å². The maximum atomic E-state index is 14.3. The van der Waals surface area contributed by atoms with Crippen molar-refractivity contribution in [2.75, 3.05) is 26.3 Å². The normalized spacial score (nSPS) is 31.4. The van der Waals surface area contributed by atoms with Gasteiger partial charge in [0.2, 0.25) is 11.8 Å². The van der Waals surface area contributed by atoms with Crippen molar-refractivity contribution in [3.8, 4) is 0 Å². The lowest BCUT2D eigenvalue weighted by molar-refractivity contribution is -0.156. The Morgan fingerprint density at radius 1 is 1.33 bits per heavy atom. The molecule has 0 aliphatic carbocycles. The zero-order valence-electron chi connectivity index (χ0n) is 21.7. The summed E-state index contributed by atoms with van der Waals surface area (Å²) in [4.78, 5) is 44.6. The first kappa shape index (κ1) is 28.9. The molecule has 3 fully saturated rings. The van der Waals surface area contributed by atoms with Gasteiger partial charge in [0, 0.05) is 17.9 Å². The van der Waals surface area contributed by atoms with Gasteiger partial charge in [-0.25, -0.2) is 0 Å². The van der Waals surface area contributed by atoms with Crippen molar-refractivity contribution in [1.82, 2.24) is 9.80 Å². The number of amides is 2. The molecule has 2 bridgehead atoms. The Hall–Kier alpha value is -1.71. The Morgan fingerprint density at radius 3 is 2.64 bits per heavy atom. The maximum Gasteiger partial charge on any atom is 0.312 e. The van der Waals surface area contributed by atoms with E-state index < -0.39 is 41.6 Å². The topological polar surface area (TPSA) is 96.4 Å². The summed E-state index contributed by atoms with van der Waals surface area (Å²) in [5.41, 5.74) is -1.17. The minimum absolute atomic E-state index is 0.0339. The van der Waals surface area contributed by atoms with E-state index in [1.807, 2.05) is 13.8 Å². The number of ether oxygens (including phenoxy) is 2. The summed E-state index contributed by atoms with van der Waals surface area (Å²) in [6.07, 6.45) is 6.38. The highest BCUT2D eigenvalue weighted by Crippen LogP contribution is 2.60. The number of rotatable bonds is 14. The van der Waals surface area contributed by atoms with Gasteiger partial charge in [0.1, 0.15) is 18.2 Å². The van der Waals surface area contributed by atoms with Crippen LogP contribution in [0, 0.1) is 17.8 Å². The average Bonchev–Trinajstić information content (AvgIpc) is 3.43. The summed E-state index contributed by atoms with van der Waals surface area (Å²) >= 11 is 3.66. The largest absolute Gasteiger partial charge is 0.461 e. The van der Waals surface area contributed by atoms with Crippen LogP contribution in [0.2, 0.25) is 0 Å². The fraction of sp³-hybridized carbons (Fsp3) is 0.741. The van der Waals surface area contributed by atoms with Crippen molar-refractivity contribution in [2.45, 2.75) is 81.5 Å². The van der Waals surface area contributed by atoms with Crippen LogP contribution in [0.5, 0.6) is 0 Å². The fourth-order valence-electron chi connectivity index (χ4n) is 6.24. The van der Waals surface area contributed by atoms with E-state index in [-0.39, 0.29) is 35.8 Å². The van der Waals surface area contributed by atoms with Crippen LogP contribution in [0.15, 0.2) is 25.3 Å². The number of fused-ring (bicyclic) bond motifs is 1. The first-order valence-corrected chi connectivity index (χ1v) is 14.0. The van der Waals surface area contributed by atoms with Crippen LogP contribution in [0.4, 0.5) is 0 Å². The molecule has 8 nitrogen and oxygen atoms in total. The molecule has 1 spiro atoms.